The van der Waals surface area contributed by atoms with Crippen molar-refractivity contribution in [1.82, 2.24) is 15.0 Å². The largest absolute Gasteiger partial charge is 0.470 e. The van der Waals surface area contributed by atoms with Crippen LogP contribution in [0.25, 0.3) is 0 Å². The Bertz CT molecular complexity index is 677. The van der Waals surface area contributed by atoms with Crippen LogP contribution < -0.4 is 0 Å². The fourth-order valence-electron chi connectivity index (χ4n) is 1.61. The molecule has 0 aliphatic rings. The molecular formula is C17H25N3O6S3. The molecular weight excluding hydrogens is 438 g/mol. The molecule has 0 saturated heterocycles. The van der Waals surface area contributed by atoms with Crippen LogP contribution in [0.3, 0.4) is 0 Å². The minimum atomic E-state index is -1.25. The number of aromatic nitrogens is 3. The van der Waals surface area contributed by atoms with Gasteiger partial charge in [0.1, 0.15) is 0 Å². The lowest BCUT2D eigenvalue weighted by Crippen LogP contribution is -2.15. The summed E-state index contributed by atoms with van der Waals surface area (Å²) in [5, 5.41) is 30.3. The Balaban J connectivity index is 2.88. The second-order valence-corrected chi connectivity index (χ2v) is 8.58. The topological polar surface area (TPSA) is 127 Å². The van der Waals surface area contributed by atoms with Gasteiger partial charge in [-0.05, 0) is 32.5 Å². The molecule has 29 heavy (non-hydrogen) atoms. The van der Waals surface area contributed by atoms with E-state index in [-0.39, 0.29) is 16.7 Å². The van der Waals surface area contributed by atoms with Crippen molar-refractivity contribution in [3.63, 3.8) is 0 Å². The lowest BCUT2D eigenvalue weighted by molar-refractivity contribution is -0.0448. The van der Waals surface area contributed by atoms with E-state index >= 15 is 0 Å². The molecule has 3 atom stereocenters. The smallest absolute Gasteiger partial charge is 0.254 e. The van der Waals surface area contributed by atoms with Crippen molar-refractivity contribution in [2.24, 2.45) is 0 Å². The molecule has 0 saturated carbocycles. The summed E-state index contributed by atoms with van der Waals surface area (Å²) in [5.74, 6) is 1.40. The van der Waals surface area contributed by atoms with E-state index in [1.54, 1.807) is 20.8 Å². The summed E-state index contributed by atoms with van der Waals surface area (Å²) in [4.78, 5) is 12.7. The van der Waals surface area contributed by atoms with E-state index in [4.69, 9.17) is 14.2 Å². The highest BCUT2D eigenvalue weighted by Gasteiger charge is 2.16. The normalized spacial score (nSPS) is 13.9. The molecule has 1 aromatic rings. The molecule has 0 bridgehead atoms. The molecule has 9 nitrogen and oxygen atoms in total. The number of aliphatic hydroxyl groups excluding tert-OH is 3. The van der Waals surface area contributed by atoms with E-state index in [0.29, 0.717) is 27.6 Å². The molecule has 0 aromatic carbocycles. The number of rotatable bonds is 14. The number of aliphatic hydroxyl groups is 3. The van der Waals surface area contributed by atoms with Gasteiger partial charge in [-0.25, -0.2) is 0 Å². The summed E-state index contributed by atoms with van der Waals surface area (Å²) in [6, 6.07) is 0. The van der Waals surface area contributed by atoms with Crippen molar-refractivity contribution in [1.29, 1.82) is 0 Å². The zero-order valence-corrected chi connectivity index (χ0v) is 18.8. The first kappa shape index (κ1) is 25.6. The lowest BCUT2D eigenvalue weighted by Gasteiger charge is -2.14. The molecule has 0 aliphatic carbocycles. The van der Waals surface area contributed by atoms with Gasteiger partial charge in [-0.2, -0.15) is 15.0 Å². The number of nitrogens with zero attached hydrogens (tertiary/aromatic N) is 3. The Morgan fingerprint density at radius 2 is 1.14 bits per heavy atom. The first-order chi connectivity index (χ1) is 13.5. The summed E-state index contributed by atoms with van der Waals surface area (Å²) in [6.07, 6.45) is -2.16. The van der Waals surface area contributed by atoms with Crippen LogP contribution >= 0.6 is 35.3 Å². The summed E-state index contributed by atoms with van der Waals surface area (Å²) >= 11 is 3.12. The van der Waals surface area contributed by atoms with Gasteiger partial charge in [0.25, 0.3) is 5.62 Å². The summed E-state index contributed by atoms with van der Waals surface area (Å²) < 4.78 is 15.3. The minimum Gasteiger partial charge on any atom is -0.470 e. The van der Waals surface area contributed by atoms with E-state index in [1.165, 1.54) is 0 Å². The third-order valence-corrected chi connectivity index (χ3v) is 4.94. The molecule has 0 radical (unpaired) electrons. The summed E-state index contributed by atoms with van der Waals surface area (Å²) in [7, 11) is 0. The maximum Gasteiger partial charge on any atom is 0.254 e. The number of thioether (sulfide) groups is 3. The standard InChI is InChI=1S/C17H25N3O6S3/c1-9(2)24-12(21)7-27-14-18-15(28-8-13(22)25-10(3)4)20-16(19-14)29-17(23)26-11(5)6/h12-13,17,21-23H,1,3,5,7-8H2,2,4,6H3. The molecule has 0 amide bonds. The third kappa shape index (κ3) is 12.0. The van der Waals surface area contributed by atoms with Gasteiger partial charge in [0.05, 0.1) is 28.8 Å². The zero-order chi connectivity index (χ0) is 22.0. The summed E-state index contributed by atoms with van der Waals surface area (Å²) in [6.45, 7) is 15.6. The average Bonchev–Trinajstić information content (AvgIpc) is 2.56. The van der Waals surface area contributed by atoms with Crippen molar-refractivity contribution < 1.29 is 29.5 Å². The van der Waals surface area contributed by atoms with Gasteiger partial charge >= 0.3 is 0 Å². The lowest BCUT2D eigenvalue weighted by atomic mass is 10.6. The molecule has 1 rings (SSSR count). The number of ether oxygens (including phenoxy) is 3. The van der Waals surface area contributed by atoms with Crippen LogP contribution in [-0.2, 0) is 14.2 Å². The maximum atomic E-state index is 9.92. The number of allylic oxidation sites excluding steroid dienone is 3. The molecule has 0 aliphatic heterocycles. The van der Waals surface area contributed by atoms with Crippen LogP contribution in [0.2, 0.25) is 0 Å². The van der Waals surface area contributed by atoms with Gasteiger partial charge < -0.3 is 29.5 Å². The predicted octanol–water partition coefficient (Wildman–Crippen LogP) is 2.71. The van der Waals surface area contributed by atoms with E-state index in [0.717, 1.165) is 35.3 Å². The van der Waals surface area contributed by atoms with Crippen molar-refractivity contribution in [3.05, 3.63) is 37.0 Å². The first-order valence-electron chi connectivity index (χ1n) is 8.24. The Morgan fingerprint density at radius 1 is 0.759 bits per heavy atom. The molecule has 3 N–H and O–H groups in total. The van der Waals surface area contributed by atoms with Crippen LogP contribution in [0.1, 0.15) is 20.8 Å². The van der Waals surface area contributed by atoms with E-state index in [9.17, 15) is 15.3 Å². The molecule has 0 fully saturated rings. The highest BCUT2D eigenvalue weighted by Crippen LogP contribution is 2.26. The predicted molar refractivity (Wildman–Crippen MR) is 113 cm³/mol. The van der Waals surface area contributed by atoms with Crippen molar-refractivity contribution >= 4 is 35.3 Å². The number of hydrogen-bond donors (Lipinski definition) is 3. The fraction of sp³-hybridized carbons (Fsp3) is 0.471. The number of hydrogen-bond acceptors (Lipinski definition) is 12. The van der Waals surface area contributed by atoms with Gasteiger partial charge in [0.15, 0.2) is 15.5 Å². The summed E-state index contributed by atoms with van der Waals surface area (Å²) in [5.41, 5.74) is -1.25. The Labute approximate surface area is 182 Å². The van der Waals surface area contributed by atoms with Crippen molar-refractivity contribution in [2.45, 2.75) is 54.4 Å². The van der Waals surface area contributed by atoms with Crippen LogP contribution in [-0.4, -0.2) is 60.0 Å². The zero-order valence-electron chi connectivity index (χ0n) is 16.4. The van der Waals surface area contributed by atoms with Gasteiger partial charge in [-0.15, -0.1) is 0 Å². The Hall–Kier alpha value is -1.44. The van der Waals surface area contributed by atoms with Crippen LogP contribution in [0.5, 0.6) is 0 Å². The van der Waals surface area contributed by atoms with Gasteiger partial charge in [0, 0.05) is 0 Å². The fourth-order valence-corrected chi connectivity index (χ4v) is 3.78. The second-order valence-electron chi connectivity index (χ2n) is 5.60. The maximum absolute atomic E-state index is 9.92. The van der Waals surface area contributed by atoms with E-state index in [2.05, 4.69) is 34.7 Å². The monoisotopic (exact) mass is 463 g/mol. The van der Waals surface area contributed by atoms with E-state index in [1.807, 2.05) is 0 Å². The molecule has 162 valence electrons. The van der Waals surface area contributed by atoms with Gasteiger partial charge in [0.2, 0.25) is 12.6 Å². The SMILES string of the molecule is C=C(C)OC(O)CSc1nc(SCC(O)OC(=C)C)nc(SC(O)OC(=C)C)n1. The highest BCUT2D eigenvalue weighted by molar-refractivity contribution is 8.00. The molecule has 0 spiro atoms. The average molecular weight is 464 g/mol. The van der Waals surface area contributed by atoms with Gasteiger partial charge in [-0.3, -0.25) is 0 Å². The molecule has 1 heterocycles. The van der Waals surface area contributed by atoms with Crippen molar-refractivity contribution in [3.8, 4) is 0 Å². The van der Waals surface area contributed by atoms with Crippen LogP contribution in [0.15, 0.2) is 52.5 Å². The van der Waals surface area contributed by atoms with E-state index < -0.39 is 18.2 Å². The molecule has 3 unspecified atom stereocenters. The van der Waals surface area contributed by atoms with Crippen molar-refractivity contribution in [2.75, 3.05) is 11.5 Å². The third-order valence-electron chi connectivity index (χ3n) is 2.47. The van der Waals surface area contributed by atoms with Crippen LogP contribution in [0.4, 0.5) is 0 Å². The minimum absolute atomic E-state index is 0.150. The highest BCUT2D eigenvalue weighted by atomic mass is 32.2. The van der Waals surface area contributed by atoms with Gasteiger partial charge in [-0.1, -0.05) is 43.3 Å². The molecule has 1 aromatic heterocycles. The Morgan fingerprint density at radius 3 is 1.52 bits per heavy atom. The van der Waals surface area contributed by atoms with Crippen LogP contribution in [0, 0.1) is 0 Å². The first-order valence-corrected chi connectivity index (χ1v) is 11.1. The molecule has 12 heteroatoms. The Kier molecular flexibility index (Phi) is 11.5. The quantitative estimate of drug-likeness (QED) is 0.213. The second kappa shape index (κ2) is 13.0.